The van der Waals surface area contributed by atoms with Gasteiger partial charge in [0, 0.05) is 16.5 Å². The average molecular weight is 267 g/mol. The van der Waals surface area contributed by atoms with Crippen LogP contribution in [0.15, 0.2) is 46.9 Å². The Bertz CT molecular complexity index is 939. The Morgan fingerprint density at radius 3 is 2.90 bits per heavy atom. The van der Waals surface area contributed by atoms with Crippen LogP contribution in [0.5, 0.6) is 0 Å². The number of nitrogens with one attached hydrogen (secondary N) is 1. The van der Waals surface area contributed by atoms with Crippen LogP contribution in [0.1, 0.15) is 0 Å². The molecule has 0 aliphatic carbocycles. The molecule has 0 saturated heterocycles. The van der Waals surface area contributed by atoms with Gasteiger partial charge in [-0.3, -0.25) is 5.10 Å². The molecule has 0 unspecified atom stereocenters. The predicted molar refractivity (Wildman–Crippen MR) is 75.7 cm³/mol. The molecule has 5 heteroatoms. The summed E-state index contributed by atoms with van der Waals surface area (Å²) in [5.41, 5.74) is 8.63. The van der Waals surface area contributed by atoms with Crippen molar-refractivity contribution in [2.24, 2.45) is 0 Å². The van der Waals surface area contributed by atoms with Gasteiger partial charge in [-0.25, -0.2) is 4.39 Å². The minimum absolute atomic E-state index is 0.291. The van der Waals surface area contributed by atoms with Gasteiger partial charge in [0.15, 0.2) is 5.76 Å². The fourth-order valence-electron chi connectivity index (χ4n) is 2.35. The first-order chi connectivity index (χ1) is 9.70. The lowest BCUT2D eigenvalue weighted by Crippen LogP contribution is -1.82. The van der Waals surface area contributed by atoms with E-state index in [1.807, 2.05) is 12.1 Å². The van der Waals surface area contributed by atoms with Gasteiger partial charge in [-0.1, -0.05) is 0 Å². The lowest BCUT2D eigenvalue weighted by molar-refractivity contribution is 0.618. The van der Waals surface area contributed by atoms with E-state index in [0.29, 0.717) is 28.1 Å². The highest BCUT2D eigenvalue weighted by Crippen LogP contribution is 2.32. The predicted octanol–water partition coefficient (Wildman–Crippen LogP) is 3.70. The summed E-state index contributed by atoms with van der Waals surface area (Å²) in [5.74, 6) is 0.295. The summed E-state index contributed by atoms with van der Waals surface area (Å²) < 4.78 is 18.9. The molecular weight excluding hydrogens is 257 g/mol. The summed E-state index contributed by atoms with van der Waals surface area (Å²) in [7, 11) is 0. The largest absolute Gasteiger partial charge is 0.454 e. The molecule has 4 nitrogen and oxygen atoms in total. The fraction of sp³-hybridized carbons (Fsp3) is 0. The Labute approximate surface area is 113 Å². The molecule has 98 valence electrons. The van der Waals surface area contributed by atoms with E-state index in [2.05, 4.69) is 10.2 Å². The molecule has 0 amide bonds. The second-order valence-electron chi connectivity index (χ2n) is 4.67. The van der Waals surface area contributed by atoms with Crippen LogP contribution in [0.4, 0.5) is 10.1 Å². The van der Waals surface area contributed by atoms with Crippen molar-refractivity contribution in [2.75, 3.05) is 5.73 Å². The first-order valence-electron chi connectivity index (χ1n) is 6.14. The highest BCUT2D eigenvalue weighted by atomic mass is 19.1. The van der Waals surface area contributed by atoms with E-state index in [4.69, 9.17) is 10.2 Å². The summed E-state index contributed by atoms with van der Waals surface area (Å²) in [6, 6.07) is 11.7. The number of nitrogens with zero attached hydrogens (tertiary/aromatic N) is 1. The van der Waals surface area contributed by atoms with Crippen molar-refractivity contribution < 1.29 is 8.81 Å². The second kappa shape index (κ2) is 3.84. The smallest absolute Gasteiger partial charge is 0.156 e. The number of aromatic amines is 1. The highest BCUT2D eigenvalue weighted by Gasteiger charge is 2.13. The van der Waals surface area contributed by atoms with E-state index in [-0.39, 0.29) is 5.82 Å². The van der Waals surface area contributed by atoms with Crippen LogP contribution < -0.4 is 5.73 Å². The van der Waals surface area contributed by atoms with Gasteiger partial charge in [0.05, 0.1) is 5.52 Å². The maximum Gasteiger partial charge on any atom is 0.156 e. The van der Waals surface area contributed by atoms with Crippen molar-refractivity contribution in [3.63, 3.8) is 0 Å². The van der Waals surface area contributed by atoms with E-state index >= 15 is 0 Å². The highest BCUT2D eigenvalue weighted by molar-refractivity contribution is 5.95. The fourth-order valence-corrected chi connectivity index (χ4v) is 2.35. The van der Waals surface area contributed by atoms with E-state index in [0.717, 1.165) is 10.9 Å². The molecule has 0 bridgehead atoms. The maximum atomic E-state index is 13.2. The van der Waals surface area contributed by atoms with Gasteiger partial charge in [-0.15, -0.1) is 0 Å². The molecule has 4 aromatic rings. The number of furan rings is 1. The molecule has 2 aromatic carbocycles. The molecule has 0 saturated carbocycles. The molecule has 0 fully saturated rings. The van der Waals surface area contributed by atoms with Crippen molar-refractivity contribution in [2.45, 2.75) is 0 Å². The summed E-state index contributed by atoms with van der Waals surface area (Å²) in [5, 5.41) is 8.77. The summed E-state index contributed by atoms with van der Waals surface area (Å²) in [4.78, 5) is 0. The zero-order valence-electron chi connectivity index (χ0n) is 10.4. The number of rotatable bonds is 1. The van der Waals surface area contributed by atoms with Crippen LogP contribution in [0, 0.1) is 5.82 Å². The van der Waals surface area contributed by atoms with Crippen LogP contribution in [-0.4, -0.2) is 10.2 Å². The maximum absolute atomic E-state index is 13.2. The minimum atomic E-state index is -0.291. The van der Waals surface area contributed by atoms with Gasteiger partial charge in [0.2, 0.25) is 0 Å². The minimum Gasteiger partial charge on any atom is -0.454 e. The van der Waals surface area contributed by atoms with Crippen LogP contribution in [0.3, 0.4) is 0 Å². The third-order valence-corrected chi connectivity index (χ3v) is 3.30. The number of benzene rings is 2. The van der Waals surface area contributed by atoms with Gasteiger partial charge < -0.3 is 10.2 Å². The molecule has 20 heavy (non-hydrogen) atoms. The number of fused-ring (bicyclic) bond motifs is 2. The van der Waals surface area contributed by atoms with Crippen molar-refractivity contribution in [1.29, 1.82) is 0 Å². The Morgan fingerprint density at radius 2 is 2.00 bits per heavy atom. The second-order valence-corrected chi connectivity index (χ2v) is 4.67. The Hall–Kier alpha value is -2.82. The Morgan fingerprint density at radius 1 is 1.10 bits per heavy atom. The first kappa shape index (κ1) is 11.0. The number of aromatic nitrogens is 2. The lowest BCUT2D eigenvalue weighted by atomic mass is 10.1. The molecule has 0 spiro atoms. The van der Waals surface area contributed by atoms with E-state index in [1.165, 1.54) is 12.1 Å². The molecule has 0 aliphatic rings. The van der Waals surface area contributed by atoms with Crippen LogP contribution >= 0.6 is 0 Å². The van der Waals surface area contributed by atoms with E-state index in [9.17, 15) is 4.39 Å². The summed E-state index contributed by atoms with van der Waals surface area (Å²) >= 11 is 0. The Kier molecular flexibility index (Phi) is 2.12. The molecule has 0 aliphatic heterocycles. The number of halogens is 1. The van der Waals surface area contributed by atoms with Crippen LogP contribution in [0.25, 0.3) is 33.3 Å². The van der Waals surface area contributed by atoms with Crippen molar-refractivity contribution >= 4 is 27.6 Å². The summed E-state index contributed by atoms with van der Waals surface area (Å²) in [6.45, 7) is 0. The van der Waals surface area contributed by atoms with Crippen molar-refractivity contribution in [3.8, 4) is 11.5 Å². The molecule has 4 rings (SSSR count). The third kappa shape index (κ3) is 1.56. The average Bonchev–Trinajstić information content (AvgIpc) is 3.00. The number of H-pyrrole nitrogens is 1. The molecule has 3 N–H and O–H groups in total. The van der Waals surface area contributed by atoms with E-state index < -0.39 is 0 Å². The van der Waals surface area contributed by atoms with Gasteiger partial charge >= 0.3 is 0 Å². The number of nitrogen functional groups attached to an aromatic ring is 1. The number of hydrogen-bond acceptors (Lipinski definition) is 3. The first-order valence-corrected chi connectivity index (χ1v) is 6.14. The Balaban J connectivity index is 1.98. The van der Waals surface area contributed by atoms with Gasteiger partial charge in [0.1, 0.15) is 17.1 Å². The molecule has 0 atom stereocenters. The number of nitrogens with two attached hydrogens (primary N) is 1. The standard InChI is InChI=1S/C15H10FN3O/c16-9-1-4-13-8(5-9)6-14(20-13)15-11-7-10(17)2-3-12(11)18-19-15/h1-7H,17H2,(H,18,19). The van der Waals surface area contributed by atoms with Crippen molar-refractivity contribution in [1.82, 2.24) is 10.2 Å². The summed E-state index contributed by atoms with van der Waals surface area (Å²) in [6.07, 6.45) is 0. The van der Waals surface area contributed by atoms with Gasteiger partial charge in [-0.05, 0) is 42.5 Å². The van der Waals surface area contributed by atoms with E-state index in [1.54, 1.807) is 18.2 Å². The van der Waals surface area contributed by atoms with Gasteiger partial charge in [0.25, 0.3) is 0 Å². The quantitative estimate of drug-likeness (QED) is 0.517. The van der Waals surface area contributed by atoms with Crippen LogP contribution in [0.2, 0.25) is 0 Å². The molecule has 2 heterocycles. The normalized spacial score (nSPS) is 11.4. The molecule has 2 aromatic heterocycles. The zero-order chi connectivity index (χ0) is 13.7. The third-order valence-electron chi connectivity index (χ3n) is 3.30. The zero-order valence-corrected chi connectivity index (χ0v) is 10.4. The SMILES string of the molecule is Nc1ccc2[nH]nc(-c3cc4cc(F)ccc4o3)c2c1. The number of anilines is 1. The van der Waals surface area contributed by atoms with Gasteiger partial charge in [-0.2, -0.15) is 5.10 Å². The van der Waals surface area contributed by atoms with Crippen molar-refractivity contribution in [3.05, 3.63) is 48.3 Å². The monoisotopic (exact) mass is 267 g/mol. The topological polar surface area (TPSA) is 67.8 Å². The molecular formula is C15H10FN3O. The van der Waals surface area contributed by atoms with Crippen LogP contribution in [-0.2, 0) is 0 Å². The number of hydrogen-bond donors (Lipinski definition) is 2. The molecule has 0 radical (unpaired) electrons. The lowest BCUT2D eigenvalue weighted by Gasteiger charge is -1.94.